The van der Waals surface area contributed by atoms with Crippen LogP contribution in [0.2, 0.25) is 0 Å². The zero-order valence-electron chi connectivity index (χ0n) is 12.4. The van der Waals surface area contributed by atoms with Gasteiger partial charge in [0.05, 0.1) is 0 Å². The molecule has 106 valence electrons. The zero-order valence-corrected chi connectivity index (χ0v) is 12.4. The molecular weight excluding hydrogens is 228 g/mol. The Bertz CT molecular complexity index is 257. The molecule has 0 aromatic heterocycles. The van der Waals surface area contributed by atoms with E-state index in [1.807, 2.05) is 32.9 Å². The third-order valence-electron chi connectivity index (χ3n) is 2.24. The van der Waals surface area contributed by atoms with Gasteiger partial charge in [-0.05, 0) is 34.1 Å². The fourth-order valence-corrected chi connectivity index (χ4v) is 1.43. The molecule has 18 heavy (non-hydrogen) atoms. The minimum absolute atomic E-state index is 0.375. The summed E-state index contributed by atoms with van der Waals surface area (Å²) < 4.78 is 5.11. The first kappa shape index (κ1) is 17.0. The highest BCUT2D eigenvalue weighted by atomic mass is 16.6. The lowest BCUT2D eigenvalue weighted by atomic mass is 10.2. The highest BCUT2D eigenvalue weighted by Gasteiger charge is 2.14. The first-order valence-electron chi connectivity index (χ1n) is 6.70. The van der Waals surface area contributed by atoms with Gasteiger partial charge in [-0.2, -0.15) is 0 Å². The van der Waals surface area contributed by atoms with E-state index in [-0.39, 0.29) is 6.09 Å². The van der Waals surface area contributed by atoms with Crippen molar-refractivity contribution >= 4 is 6.09 Å². The van der Waals surface area contributed by atoms with Crippen LogP contribution in [-0.2, 0) is 4.74 Å². The molecule has 4 nitrogen and oxygen atoms in total. The predicted octanol–water partition coefficient (Wildman–Crippen LogP) is 2.85. The number of ether oxygens (including phenoxy) is 1. The van der Waals surface area contributed by atoms with E-state index in [0.717, 1.165) is 6.54 Å². The molecule has 0 bridgehead atoms. The molecule has 4 heteroatoms. The van der Waals surface area contributed by atoms with Crippen LogP contribution >= 0.6 is 0 Å². The maximum absolute atomic E-state index is 11.3. The number of rotatable bonds is 7. The summed E-state index contributed by atoms with van der Waals surface area (Å²) >= 11 is 0. The number of alkyl carbamates (subject to hydrolysis) is 1. The van der Waals surface area contributed by atoms with Crippen molar-refractivity contribution in [1.29, 1.82) is 0 Å². The van der Waals surface area contributed by atoms with Crippen LogP contribution in [0.15, 0.2) is 12.2 Å². The van der Waals surface area contributed by atoms with E-state index in [2.05, 4.69) is 24.5 Å². The fraction of sp³-hybridized carbons (Fsp3) is 0.786. The van der Waals surface area contributed by atoms with Crippen LogP contribution in [0.5, 0.6) is 0 Å². The molecule has 0 aliphatic heterocycles. The molecular formula is C14H28N2O2. The number of nitrogens with one attached hydrogen (secondary N) is 2. The van der Waals surface area contributed by atoms with Crippen molar-refractivity contribution in [3.05, 3.63) is 12.2 Å². The van der Waals surface area contributed by atoms with Crippen molar-refractivity contribution < 1.29 is 9.53 Å². The van der Waals surface area contributed by atoms with E-state index >= 15 is 0 Å². The SMILES string of the molecule is CCCC(C)NC/C=C/CNC(=O)OC(C)(C)C. The number of carbonyl (C=O) groups is 1. The molecule has 0 aliphatic carbocycles. The Kier molecular flexibility index (Phi) is 8.46. The summed E-state index contributed by atoms with van der Waals surface area (Å²) in [6, 6.07) is 0.540. The highest BCUT2D eigenvalue weighted by molar-refractivity contribution is 5.67. The quantitative estimate of drug-likeness (QED) is 0.689. The van der Waals surface area contributed by atoms with Gasteiger partial charge in [-0.15, -0.1) is 0 Å². The Morgan fingerprint density at radius 1 is 1.28 bits per heavy atom. The van der Waals surface area contributed by atoms with Crippen molar-refractivity contribution in [2.45, 2.75) is 59.1 Å². The van der Waals surface area contributed by atoms with Crippen LogP contribution < -0.4 is 10.6 Å². The molecule has 0 aromatic rings. The zero-order chi connectivity index (χ0) is 14.0. The summed E-state index contributed by atoms with van der Waals surface area (Å²) in [5.41, 5.74) is -0.440. The highest BCUT2D eigenvalue weighted by Crippen LogP contribution is 2.05. The van der Waals surface area contributed by atoms with Crippen molar-refractivity contribution in [3.8, 4) is 0 Å². The lowest BCUT2D eigenvalue weighted by Gasteiger charge is -2.19. The van der Waals surface area contributed by atoms with Gasteiger partial charge in [0, 0.05) is 19.1 Å². The van der Waals surface area contributed by atoms with Crippen molar-refractivity contribution in [1.82, 2.24) is 10.6 Å². The first-order chi connectivity index (χ1) is 8.35. The van der Waals surface area contributed by atoms with Crippen molar-refractivity contribution in [2.24, 2.45) is 0 Å². The van der Waals surface area contributed by atoms with Gasteiger partial charge in [0.25, 0.3) is 0 Å². The van der Waals surface area contributed by atoms with E-state index in [1.54, 1.807) is 0 Å². The molecule has 1 unspecified atom stereocenters. The van der Waals surface area contributed by atoms with Crippen LogP contribution in [0.3, 0.4) is 0 Å². The van der Waals surface area contributed by atoms with Crippen LogP contribution in [0.4, 0.5) is 4.79 Å². The van der Waals surface area contributed by atoms with Crippen molar-refractivity contribution in [3.63, 3.8) is 0 Å². The Morgan fingerprint density at radius 2 is 1.89 bits per heavy atom. The maximum atomic E-state index is 11.3. The molecule has 0 aromatic carbocycles. The fourth-order valence-electron chi connectivity index (χ4n) is 1.43. The minimum Gasteiger partial charge on any atom is -0.444 e. The molecule has 1 atom stereocenters. The number of hydrogen-bond acceptors (Lipinski definition) is 3. The molecule has 0 rings (SSSR count). The van der Waals surface area contributed by atoms with E-state index in [4.69, 9.17) is 4.74 Å². The van der Waals surface area contributed by atoms with Gasteiger partial charge in [0.15, 0.2) is 0 Å². The largest absolute Gasteiger partial charge is 0.444 e. The average Bonchev–Trinajstić information content (AvgIpc) is 2.21. The third-order valence-corrected chi connectivity index (χ3v) is 2.24. The average molecular weight is 256 g/mol. The third kappa shape index (κ3) is 11.5. The van der Waals surface area contributed by atoms with E-state index in [0.29, 0.717) is 12.6 Å². The molecule has 0 saturated heterocycles. The Morgan fingerprint density at radius 3 is 2.44 bits per heavy atom. The molecule has 2 N–H and O–H groups in total. The summed E-state index contributed by atoms with van der Waals surface area (Å²) in [7, 11) is 0. The minimum atomic E-state index is -0.440. The summed E-state index contributed by atoms with van der Waals surface area (Å²) in [4.78, 5) is 11.3. The summed E-state index contributed by atoms with van der Waals surface area (Å²) in [5.74, 6) is 0. The Hall–Kier alpha value is -1.03. The van der Waals surface area contributed by atoms with Crippen LogP contribution in [0.25, 0.3) is 0 Å². The molecule has 0 saturated carbocycles. The monoisotopic (exact) mass is 256 g/mol. The number of carbonyl (C=O) groups excluding carboxylic acids is 1. The smallest absolute Gasteiger partial charge is 0.407 e. The number of hydrogen-bond donors (Lipinski definition) is 2. The molecule has 0 spiro atoms. The molecule has 0 heterocycles. The summed E-state index contributed by atoms with van der Waals surface area (Å²) in [6.07, 6.45) is 5.95. The van der Waals surface area contributed by atoms with Crippen LogP contribution in [-0.4, -0.2) is 30.8 Å². The van der Waals surface area contributed by atoms with Gasteiger partial charge < -0.3 is 15.4 Å². The second-order valence-electron chi connectivity index (χ2n) is 5.45. The molecule has 0 fully saturated rings. The van der Waals surface area contributed by atoms with E-state index in [1.165, 1.54) is 12.8 Å². The van der Waals surface area contributed by atoms with Gasteiger partial charge in [-0.25, -0.2) is 4.79 Å². The lowest BCUT2D eigenvalue weighted by molar-refractivity contribution is 0.0534. The topological polar surface area (TPSA) is 50.4 Å². The van der Waals surface area contributed by atoms with Crippen LogP contribution in [0, 0.1) is 0 Å². The van der Waals surface area contributed by atoms with Gasteiger partial charge in [0.2, 0.25) is 0 Å². The molecule has 0 aliphatic rings. The normalized spacial score (nSPS) is 13.6. The predicted molar refractivity (Wildman–Crippen MR) is 75.7 cm³/mol. The Balaban J connectivity index is 3.57. The van der Waals surface area contributed by atoms with Gasteiger partial charge in [0.1, 0.15) is 5.60 Å². The number of amides is 1. The summed E-state index contributed by atoms with van der Waals surface area (Å²) in [6.45, 7) is 11.2. The second kappa shape index (κ2) is 8.97. The maximum Gasteiger partial charge on any atom is 0.407 e. The molecule has 0 radical (unpaired) electrons. The second-order valence-corrected chi connectivity index (χ2v) is 5.45. The van der Waals surface area contributed by atoms with Gasteiger partial charge in [-0.3, -0.25) is 0 Å². The van der Waals surface area contributed by atoms with E-state index in [9.17, 15) is 4.79 Å². The summed E-state index contributed by atoms with van der Waals surface area (Å²) in [5, 5.41) is 6.06. The van der Waals surface area contributed by atoms with E-state index < -0.39 is 5.60 Å². The van der Waals surface area contributed by atoms with Gasteiger partial charge in [-0.1, -0.05) is 25.5 Å². The van der Waals surface area contributed by atoms with Crippen molar-refractivity contribution in [2.75, 3.05) is 13.1 Å². The standard InChI is InChI=1S/C14H28N2O2/c1-6-9-12(2)15-10-7-8-11-16-13(17)18-14(3,4)5/h7-8,12,15H,6,9-11H2,1-5H3,(H,16,17)/b8-7+. The first-order valence-corrected chi connectivity index (χ1v) is 6.70. The lowest BCUT2D eigenvalue weighted by Crippen LogP contribution is -2.32. The Labute approximate surface area is 111 Å². The van der Waals surface area contributed by atoms with Crippen LogP contribution in [0.1, 0.15) is 47.5 Å². The molecule has 1 amide bonds. The van der Waals surface area contributed by atoms with Gasteiger partial charge >= 0.3 is 6.09 Å².